The molecular formula is C30H22ClN3O. The summed E-state index contributed by atoms with van der Waals surface area (Å²) < 4.78 is 7.76. The summed E-state index contributed by atoms with van der Waals surface area (Å²) in [5.74, 6) is 1.41. The third-order valence-corrected chi connectivity index (χ3v) is 5.67. The van der Waals surface area contributed by atoms with Gasteiger partial charge in [0, 0.05) is 34.5 Å². The van der Waals surface area contributed by atoms with Gasteiger partial charge in [-0.25, -0.2) is 9.67 Å². The average Bonchev–Trinajstić information content (AvgIpc) is 3.33. The zero-order valence-corrected chi connectivity index (χ0v) is 19.9. The number of ether oxygens (including phenoxy) is 1. The molecule has 0 saturated heterocycles. The van der Waals surface area contributed by atoms with Crippen LogP contribution in [-0.2, 0) is 6.61 Å². The van der Waals surface area contributed by atoms with Crippen molar-refractivity contribution in [1.29, 1.82) is 0 Å². The maximum Gasteiger partial charge on any atom is 0.156 e. The lowest BCUT2D eigenvalue weighted by atomic mass is 10.1. The molecule has 35 heavy (non-hydrogen) atoms. The maximum absolute atomic E-state index is 5.96. The van der Waals surface area contributed by atoms with Crippen LogP contribution in [0.4, 0.5) is 5.82 Å². The average molecular weight is 476 g/mol. The molecule has 0 unspecified atom stereocenters. The molecule has 5 heteroatoms. The molecule has 170 valence electrons. The van der Waals surface area contributed by atoms with Gasteiger partial charge in [0.2, 0.25) is 0 Å². The van der Waals surface area contributed by atoms with Crippen molar-refractivity contribution < 1.29 is 4.74 Å². The summed E-state index contributed by atoms with van der Waals surface area (Å²) in [6, 6.07) is 37.6. The molecule has 0 saturated carbocycles. The van der Waals surface area contributed by atoms with Crippen molar-refractivity contribution in [2.24, 2.45) is 4.99 Å². The largest absolute Gasteiger partial charge is 0.488 e. The Balaban J connectivity index is 1.40. The molecule has 1 heterocycles. The monoisotopic (exact) mass is 475 g/mol. The van der Waals surface area contributed by atoms with Crippen LogP contribution in [0.15, 0.2) is 102 Å². The normalized spacial score (nSPS) is 10.9. The van der Waals surface area contributed by atoms with Gasteiger partial charge in [-0.05, 0) is 42.8 Å². The van der Waals surface area contributed by atoms with E-state index in [0.29, 0.717) is 23.2 Å². The first-order valence-corrected chi connectivity index (χ1v) is 11.6. The molecular weight excluding hydrogens is 454 g/mol. The first kappa shape index (κ1) is 22.5. The van der Waals surface area contributed by atoms with Gasteiger partial charge in [-0.15, -0.1) is 0 Å². The number of aliphatic imine (C=N–C) groups is 1. The highest BCUT2D eigenvalue weighted by atomic mass is 35.5. The lowest BCUT2D eigenvalue weighted by Gasteiger charge is -2.06. The molecule has 0 fully saturated rings. The van der Waals surface area contributed by atoms with E-state index in [-0.39, 0.29) is 0 Å². The van der Waals surface area contributed by atoms with Gasteiger partial charge in [0.15, 0.2) is 5.82 Å². The molecule has 0 aliphatic carbocycles. The molecule has 0 aliphatic rings. The molecule has 4 aromatic carbocycles. The number of hydrogen-bond acceptors (Lipinski definition) is 3. The van der Waals surface area contributed by atoms with Crippen LogP contribution >= 0.6 is 11.6 Å². The summed E-state index contributed by atoms with van der Waals surface area (Å²) >= 11 is 5.96. The number of hydrogen-bond donors (Lipinski definition) is 0. The lowest BCUT2D eigenvalue weighted by molar-refractivity contribution is 0.306. The summed E-state index contributed by atoms with van der Waals surface area (Å²) in [6.07, 6.45) is 1.75. The minimum absolute atomic E-state index is 0.437. The van der Waals surface area contributed by atoms with E-state index in [0.717, 1.165) is 28.1 Å². The third-order valence-electron chi connectivity index (χ3n) is 5.42. The van der Waals surface area contributed by atoms with Crippen LogP contribution in [0.25, 0.3) is 16.9 Å². The van der Waals surface area contributed by atoms with Gasteiger partial charge in [-0.3, -0.25) is 0 Å². The van der Waals surface area contributed by atoms with E-state index in [1.54, 1.807) is 12.3 Å². The van der Waals surface area contributed by atoms with Crippen molar-refractivity contribution in [3.05, 3.63) is 131 Å². The summed E-state index contributed by atoms with van der Waals surface area (Å²) in [7, 11) is 0. The number of aryl methyl sites for hydroxylation is 1. The van der Waals surface area contributed by atoms with Crippen molar-refractivity contribution in [2.75, 3.05) is 0 Å². The van der Waals surface area contributed by atoms with Crippen LogP contribution in [0, 0.1) is 19.1 Å². The second-order valence-corrected chi connectivity index (χ2v) is 8.53. The molecule has 0 radical (unpaired) electrons. The summed E-state index contributed by atoms with van der Waals surface area (Å²) in [5.41, 5.74) is 5.84. The van der Waals surface area contributed by atoms with Gasteiger partial charge in [0.25, 0.3) is 0 Å². The Hall–Kier alpha value is -4.33. The highest BCUT2D eigenvalue weighted by molar-refractivity contribution is 6.30. The maximum atomic E-state index is 5.96. The quantitative estimate of drug-likeness (QED) is 0.229. The van der Waals surface area contributed by atoms with Crippen LogP contribution in [0.5, 0.6) is 5.75 Å². The number of benzene rings is 3. The minimum atomic E-state index is 0.437. The zero-order valence-electron chi connectivity index (χ0n) is 19.1. The molecule has 0 N–H and O–H groups in total. The molecule has 0 atom stereocenters. The first-order chi connectivity index (χ1) is 17.1. The predicted octanol–water partition coefficient (Wildman–Crippen LogP) is 7.43. The van der Waals surface area contributed by atoms with Gasteiger partial charge >= 0.3 is 0 Å². The van der Waals surface area contributed by atoms with Crippen LogP contribution in [-0.4, -0.2) is 16.0 Å². The standard InChI is InChI=1S/C30H22ClN3O/c1-22-10-14-25(15-11-22)29-19-30(34(33-29)27-7-3-2-4-8-27)32-20-24-6-5-9-28(18-24)35-21-23-12-16-26(31)17-13-23/h2-4,7-20H,21H2,1H3. The van der Waals surface area contributed by atoms with Crippen molar-refractivity contribution in [3.8, 4) is 22.7 Å². The second-order valence-electron chi connectivity index (χ2n) is 8.09. The van der Waals surface area contributed by atoms with E-state index < -0.39 is 0 Å². The molecule has 5 rings (SSSR count). The van der Waals surface area contributed by atoms with Crippen molar-refractivity contribution in [2.45, 2.75) is 13.5 Å². The van der Waals surface area contributed by atoms with E-state index in [1.807, 2.05) is 71.4 Å². The van der Waals surface area contributed by atoms with Gasteiger partial charge < -0.3 is 4.74 Å². The van der Waals surface area contributed by atoms with Gasteiger partial charge in [0.1, 0.15) is 12.4 Å². The number of nitrogens with zero attached hydrogens (tertiary/aromatic N) is 3. The van der Waals surface area contributed by atoms with Gasteiger partial charge in [-0.1, -0.05) is 83.9 Å². The van der Waals surface area contributed by atoms with Gasteiger partial charge in [-0.2, -0.15) is 5.10 Å². The van der Waals surface area contributed by atoms with Crippen LogP contribution in [0.1, 0.15) is 16.7 Å². The zero-order chi connectivity index (χ0) is 24.0. The highest BCUT2D eigenvalue weighted by Gasteiger charge is 2.10. The second kappa shape index (κ2) is 10.3. The Bertz CT molecular complexity index is 1440. The smallest absolute Gasteiger partial charge is 0.156 e. The Morgan fingerprint density at radius 2 is 1.74 bits per heavy atom. The lowest BCUT2D eigenvalue weighted by Crippen LogP contribution is -1.96. The predicted molar refractivity (Wildman–Crippen MR) is 141 cm³/mol. The minimum Gasteiger partial charge on any atom is -0.488 e. The first-order valence-electron chi connectivity index (χ1n) is 11.2. The molecule has 1 aromatic heterocycles. The Kier molecular flexibility index (Phi) is 6.61. The Morgan fingerprint density at radius 3 is 2.51 bits per heavy atom. The molecule has 0 amide bonds. The van der Waals surface area contributed by atoms with E-state index in [1.165, 1.54) is 5.56 Å². The summed E-state index contributed by atoms with van der Waals surface area (Å²) in [4.78, 5) is 4.74. The van der Waals surface area contributed by atoms with E-state index >= 15 is 0 Å². The number of para-hydroxylation sites is 1. The number of aromatic nitrogens is 2. The molecule has 4 nitrogen and oxygen atoms in total. The van der Waals surface area contributed by atoms with E-state index in [4.69, 9.17) is 26.4 Å². The van der Waals surface area contributed by atoms with Crippen LogP contribution < -0.4 is 4.74 Å². The molecule has 5 aromatic rings. The topological polar surface area (TPSA) is 39.4 Å². The van der Waals surface area contributed by atoms with E-state index in [2.05, 4.69) is 43.3 Å². The number of rotatable bonds is 7. The molecule has 0 bridgehead atoms. The fourth-order valence-corrected chi connectivity index (χ4v) is 3.67. The fraction of sp³-hybridized carbons (Fsp3) is 0.0667. The summed E-state index contributed by atoms with van der Waals surface area (Å²) in [5, 5.41) is 5.53. The van der Waals surface area contributed by atoms with Crippen molar-refractivity contribution >= 4 is 23.6 Å². The SMILES string of the molecule is Cc1ccc(-c2cc(N=Cc3c#ccc(OCc4ccc(Cl)cc4)c3)n(-c3ccccc3)n2)cc1. The van der Waals surface area contributed by atoms with Crippen molar-refractivity contribution in [3.63, 3.8) is 0 Å². The van der Waals surface area contributed by atoms with Crippen LogP contribution in [0.2, 0.25) is 5.02 Å². The Morgan fingerprint density at radius 1 is 0.971 bits per heavy atom. The van der Waals surface area contributed by atoms with E-state index in [9.17, 15) is 0 Å². The third kappa shape index (κ3) is 5.60. The van der Waals surface area contributed by atoms with Gasteiger partial charge in [0.05, 0.1) is 11.4 Å². The molecule has 0 spiro atoms. The Labute approximate surface area is 210 Å². The molecule has 0 aliphatic heterocycles. The highest BCUT2D eigenvalue weighted by Crippen LogP contribution is 2.27. The van der Waals surface area contributed by atoms with Crippen molar-refractivity contribution in [1.82, 2.24) is 9.78 Å². The van der Waals surface area contributed by atoms with Crippen LogP contribution in [0.3, 0.4) is 0 Å². The summed E-state index contributed by atoms with van der Waals surface area (Å²) in [6.45, 7) is 2.51. The number of halogens is 1. The fourth-order valence-electron chi connectivity index (χ4n) is 3.55.